The van der Waals surface area contributed by atoms with Gasteiger partial charge in [-0.25, -0.2) is 0 Å². The molecule has 1 heterocycles. The van der Waals surface area contributed by atoms with Crippen LogP contribution >= 0.6 is 0 Å². The summed E-state index contributed by atoms with van der Waals surface area (Å²) in [6.45, 7) is 1.91. The maximum absolute atomic E-state index is 12.0. The lowest BCUT2D eigenvalue weighted by Crippen LogP contribution is -2.28. The number of hydrogen-bond acceptors (Lipinski definition) is 3. The van der Waals surface area contributed by atoms with Crippen LogP contribution in [-0.2, 0) is 0 Å². The average Bonchev–Trinajstić information content (AvgIpc) is 2.46. The van der Waals surface area contributed by atoms with Crippen molar-refractivity contribution in [2.75, 3.05) is 0 Å². The summed E-state index contributed by atoms with van der Waals surface area (Å²) in [6, 6.07) is 12.3. The normalized spacial score (nSPS) is 11.4. The molecular weight excluding hydrogens is 238 g/mol. The number of carbonyl (C=O) groups is 1. The minimum Gasteiger partial charge on any atom is -0.332 e. The Morgan fingerprint density at radius 1 is 1.32 bits per heavy atom. The Labute approximate surface area is 111 Å². The van der Waals surface area contributed by atoms with E-state index in [2.05, 4.69) is 16.4 Å². The highest BCUT2D eigenvalue weighted by Gasteiger charge is 2.16. The highest BCUT2D eigenvalue weighted by molar-refractivity contribution is 5.94. The van der Waals surface area contributed by atoms with Gasteiger partial charge in [0, 0.05) is 12.4 Å². The van der Waals surface area contributed by atoms with Crippen molar-refractivity contribution < 1.29 is 4.79 Å². The Balaban J connectivity index is 2.20. The quantitative estimate of drug-likeness (QED) is 0.910. The molecule has 0 aliphatic heterocycles. The zero-order valence-electron chi connectivity index (χ0n) is 10.5. The van der Waals surface area contributed by atoms with Gasteiger partial charge in [0.05, 0.1) is 11.6 Å². The fourth-order valence-electron chi connectivity index (χ4n) is 1.80. The molecule has 94 valence electrons. The molecule has 1 amide bonds. The van der Waals surface area contributed by atoms with Crippen molar-refractivity contribution in [2.45, 2.75) is 13.0 Å². The summed E-state index contributed by atoms with van der Waals surface area (Å²) in [7, 11) is 0. The van der Waals surface area contributed by atoms with Gasteiger partial charge in [-0.3, -0.25) is 9.78 Å². The fraction of sp³-hybridized carbons (Fsp3) is 0.133. The maximum Gasteiger partial charge on any atom is 0.254 e. The lowest BCUT2D eigenvalue weighted by molar-refractivity contribution is 0.0944. The molecule has 1 atom stereocenters. The van der Waals surface area contributed by atoms with Crippen molar-refractivity contribution in [3.63, 3.8) is 0 Å². The fourth-order valence-corrected chi connectivity index (χ4v) is 1.80. The Kier molecular flexibility index (Phi) is 3.89. The van der Waals surface area contributed by atoms with Crippen LogP contribution in [-0.4, -0.2) is 10.9 Å². The van der Waals surface area contributed by atoms with E-state index in [-0.39, 0.29) is 5.91 Å². The van der Waals surface area contributed by atoms with Crippen LogP contribution in [0.15, 0.2) is 48.8 Å². The number of aromatic nitrogens is 1. The van der Waals surface area contributed by atoms with Crippen LogP contribution in [0.25, 0.3) is 0 Å². The van der Waals surface area contributed by atoms with Crippen molar-refractivity contribution in [2.24, 2.45) is 0 Å². The molecule has 0 saturated carbocycles. The topological polar surface area (TPSA) is 65.8 Å². The molecule has 1 aromatic carbocycles. The van der Waals surface area contributed by atoms with Crippen molar-refractivity contribution in [3.05, 3.63) is 65.5 Å². The second kappa shape index (κ2) is 5.78. The standard InChI is InChI=1S/C15H13N3O/c1-11-5-2-3-7-13(11)14(9-16)18-15(19)12-6-4-8-17-10-12/h2-8,10,14H,1H3,(H,18,19). The van der Waals surface area contributed by atoms with Gasteiger partial charge in [0.25, 0.3) is 5.91 Å². The van der Waals surface area contributed by atoms with Gasteiger partial charge in [-0.1, -0.05) is 24.3 Å². The van der Waals surface area contributed by atoms with E-state index in [1.54, 1.807) is 18.3 Å². The SMILES string of the molecule is Cc1ccccc1C(C#N)NC(=O)c1cccnc1. The van der Waals surface area contributed by atoms with Gasteiger partial charge in [0.1, 0.15) is 6.04 Å². The number of hydrogen-bond donors (Lipinski definition) is 1. The molecule has 1 aromatic heterocycles. The predicted molar refractivity (Wildman–Crippen MR) is 71.2 cm³/mol. The first kappa shape index (κ1) is 12.8. The first-order valence-corrected chi connectivity index (χ1v) is 5.88. The monoisotopic (exact) mass is 251 g/mol. The summed E-state index contributed by atoms with van der Waals surface area (Å²) in [6.07, 6.45) is 3.07. The maximum atomic E-state index is 12.0. The van der Waals surface area contributed by atoms with E-state index in [1.165, 1.54) is 6.20 Å². The first-order chi connectivity index (χ1) is 9.22. The first-order valence-electron chi connectivity index (χ1n) is 5.88. The average molecular weight is 251 g/mol. The zero-order chi connectivity index (χ0) is 13.7. The molecule has 0 saturated heterocycles. The van der Waals surface area contributed by atoms with E-state index in [1.807, 2.05) is 31.2 Å². The molecule has 4 heteroatoms. The minimum atomic E-state index is -0.658. The zero-order valence-corrected chi connectivity index (χ0v) is 10.5. The highest BCUT2D eigenvalue weighted by Crippen LogP contribution is 2.17. The van der Waals surface area contributed by atoms with Gasteiger partial charge < -0.3 is 5.32 Å². The lowest BCUT2D eigenvalue weighted by Gasteiger charge is -2.14. The van der Waals surface area contributed by atoms with E-state index in [4.69, 9.17) is 0 Å². The number of nitriles is 1. The molecule has 2 aromatic rings. The van der Waals surface area contributed by atoms with Crippen LogP contribution in [0.5, 0.6) is 0 Å². The second-order valence-electron chi connectivity index (χ2n) is 4.13. The van der Waals surface area contributed by atoms with Crippen LogP contribution in [0.2, 0.25) is 0 Å². The number of nitrogens with zero attached hydrogens (tertiary/aromatic N) is 2. The largest absolute Gasteiger partial charge is 0.332 e. The Bertz CT molecular complexity index is 617. The number of rotatable bonds is 3. The number of amides is 1. The Morgan fingerprint density at radius 3 is 2.74 bits per heavy atom. The molecule has 0 aliphatic rings. The Morgan fingerprint density at radius 2 is 2.11 bits per heavy atom. The van der Waals surface area contributed by atoms with E-state index in [9.17, 15) is 10.1 Å². The molecule has 0 aliphatic carbocycles. The van der Waals surface area contributed by atoms with Gasteiger partial charge in [-0.2, -0.15) is 5.26 Å². The number of pyridine rings is 1. The Hall–Kier alpha value is -2.67. The third-order valence-electron chi connectivity index (χ3n) is 2.83. The summed E-state index contributed by atoms with van der Waals surface area (Å²) < 4.78 is 0. The molecular formula is C15H13N3O. The molecule has 0 bridgehead atoms. The van der Waals surface area contributed by atoms with Gasteiger partial charge >= 0.3 is 0 Å². The van der Waals surface area contributed by atoms with E-state index >= 15 is 0 Å². The number of carbonyl (C=O) groups excluding carboxylic acids is 1. The highest BCUT2D eigenvalue weighted by atomic mass is 16.1. The summed E-state index contributed by atoms with van der Waals surface area (Å²) in [5.74, 6) is -0.303. The molecule has 1 unspecified atom stereocenters. The summed E-state index contributed by atoms with van der Waals surface area (Å²) in [5.41, 5.74) is 2.22. The van der Waals surface area contributed by atoms with Crippen LogP contribution in [0.3, 0.4) is 0 Å². The van der Waals surface area contributed by atoms with Gasteiger partial charge in [0.2, 0.25) is 0 Å². The van der Waals surface area contributed by atoms with Crippen molar-refractivity contribution in [1.29, 1.82) is 5.26 Å². The number of aryl methyl sites for hydroxylation is 1. The van der Waals surface area contributed by atoms with E-state index in [0.29, 0.717) is 5.56 Å². The number of nitrogens with one attached hydrogen (secondary N) is 1. The summed E-state index contributed by atoms with van der Waals surface area (Å²) in [5, 5.41) is 11.9. The van der Waals surface area contributed by atoms with Crippen molar-refractivity contribution in [3.8, 4) is 6.07 Å². The van der Waals surface area contributed by atoms with Gasteiger partial charge in [0.15, 0.2) is 0 Å². The molecule has 19 heavy (non-hydrogen) atoms. The van der Waals surface area contributed by atoms with Crippen molar-refractivity contribution >= 4 is 5.91 Å². The number of benzene rings is 1. The minimum absolute atomic E-state index is 0.303. The third kappa shape index (κ3) is 2.96. The van der Waals surface area contributed by atoms with Crippen LogP contribution in [0.1, 0.15) is 27.5 Å². The molecule has 2 rings (SSSR count). The predicted octanol–water partition coefficient (Wildman–Crippen LogP) is 2.38. The molecule has 0 fully saturated rings. The lowest BCUT2D eigenvalue weighted by atomic mass is 10.0. The van der Waals surface area contributed by atoms with Crippen LogP contribution in [0, 0.1) is 18.3 Å². The molecule has 4 nitrogen and oxygen atoms in total. The third-order valence-corrected chi connectivity index (χ3v) is 2.83. The van der Waals surface area contributed by atoms with Gasteiger partial charge in [-0.15, -0.1) is 0 Å². The smallest absolute Gasteiger partial charge is 0.254 e. The molecule has 0 spiro atoms. The molecule has 1 N–H and O–H groups in total. The summed E-state index contributed by atoms with van der Waals surface area (Å²) in [4.78, 5) is 15.9. The second-order valence-corrected chi connectivity index (χ2v) is 4.13. The van der Waals surface area contributed by atoms with Crippen LogP contribution in [0.4, 0.5) is 0 Å². The van der Waals surface area contributed by atoms with E-state index < -0.39 is 6.04 Å². The molecule has 0 radical (unpaired) electrons. The van der Waals surface area contributed by atoms with Gasteiger partial charge in [-0.05, 0) is 30.2 Å². The summed E-state index contributed by atoms with van der Waals surface area (Å²) >= 11 is 0. The van der Waals surface area contributed by atoms with E-state index in [0.717, 1.165) is 11.1 Å². The van der Waals surface area contributed by atoms with Crippen molar-refractivity contribution in [1.82, 2.24) is 10.3 Å². The van der Waals surface area contributed by atoms with Crippen LogP contribution < -0.4 is 5.32 Å².